The number of ether oxygens (including phenoxy) is 1. The Labute approximate surface area is 145 Å². The summed E-state index contributed by atoms with van der Waals surface area (Å²) in [6, 6.07) is 3.73. The van der Waals surface area contributed by atoms with Crippen molar-refractivity contribution in [2.75, 3.05) is 31.1 Å². The molecule has 3 rings (SSSR count). The summed E-state index contributed by atoms with van der Waals surface area (Å²) >= 11 is 0. The normalized spacial score (nSPS) is 22.9. The molecule has 25 heavy (non-hydrogen) atoms. The number of carbonyl (C=O) groups is 1. The molecule has 7 nitrogen and oxygen atoms in total. The number of nitro groups is 1. The van der Waals surface area contributed by atoms with Gasteiger partial charge in [-0.3, -0.25) is 10.1 Å². The summed E-state index contributed by atoms with van der Waals surface area (Å²) in [7, 11) is 0. The molecule has 0 bridgehead atoms. The maximum absolute atomic E-state index is 14.2. The number of likely N-dealkylation sites (tertiary alicyclic amines) is 1. The number of amides is 1. The van der Waals surface area contributed by atoms with Crippen LogP contribution in [0.5, 0.6) is 0 Å². The second-order valence-corrected chi connectivity index (χ2v) is 7.70. The largest absolute Gasteiger partial charge is 0.444 e. The zero-order valence-corrected chi connectivity index (χ0v) is 14.6. The highest BCUT2D eigenvalue weighted by atomic mass is 19.1. The molecule has 0 aromatic heterocycles. The number of halogens is 1. The molecule has 1 aromatic rings. The molecule has 2 fully saturated rings. The van der Waals surface area contributed by atoms with Crippen LogP contribution in [-0.2, 0) is 4.74 Å². The van der Waals surface area contributed by atoms with Crippen molar-refractivity contribution in [3.8, 4) is 0 Å². The molecule has 136 valence electrons. The molecule has 2 aliphatic rings. The van der Waals surface area contributed by atoms with Gasteiger partial charge in [-0.25, -0.2) is 9.18 Å². The quantitative estimate of drug-likeness (QED) is 0.605. The molecule has 8 heteroatoms. The Morgan fingerprint density at radius 1 is 1.24 bits per heavy atom. The molecule has 0 spiro atoms. The molecule has 2 atom stereocenters. The SMILES string of the molecule is CC(C)(C)OC(=O)N1C[C@@H]2CN(c3ccc([N+](=O)[O-])cc3F)C[C@@H]2C1. The molecule has 0 radical (unpaired) electrons. The Morgan fingerprint density at radius 3 is 2.32 bits per heavy atom. The van der Waals surface area contributed by atoms with Gasteiger partial charge < -0.3 is 14.5 Å². The molecule has 1 aromatic carbocycles. The number of nitro benzene ring substituents is 1. The average molecular weight is 351 g/mol. The summed E-state index contributed by atoms with van der Waals surface area (Å²) in [6.45, 7) is 7.93. The first kappa shape index (κ1) is 17.4. The highest BCUT2D eigenvalue weighted by Gasteiger charge is 2.43. The molecule has 0 aliphatic carbocycles. The van der Waals surface area contributed by atoms with Crippen LogP contribution >= 0.6 is 0 Å². The average Bonchev–Trinajstić information content (AvgIpc) is 3.03. The summed E-state index contributed by atoms with van der Waals surface area (Å²) in [5.74, 6) is -0.0811. The minimum absolute atomic E-state index is 0.252. The fourth-order valence-corrected chi connectivity index (χ4v) is 3.53. The molecular formula is C17H22FN3O4. The number of fused-ring (bicyclic) bond motifs is 1. The number of anilines is 1. The third-order valence-corrected chi connectivity index (χ3v) is 4.62. The Bertz CT molecular complexity index is 690. The van der Waals surface area contributed by atoms with E-state index < -0.39 is 16.3 Å². The molecular weight excluding hydrogens is 329 g/mol. The fraction of sp³-hybridized carbons (Fsp3) is 0.588. The van der Waals surface area contributed by atoms with Gasteiger partial charge in [-0.1, -0.05) is 0 Å². The van der Waals surface area contributed by atoms with Gasteiger partial charge in [0.25, 0.3) is 5.69 Å². The van der Waals surface area contributed by atoms with Crippen molar-refractivity contribution in [2.24, 2.45) is 11.8 Å². The van der Waals surface area contributed by atoms with E-state index in [2.05, 4.69) is 0 Å². The lowest BCUT2D eigenvalue weighted by Crippen LogP contribution is -2.37. The van der Waals surface area contributed by atoms with E-state index in [9.17, 15) is 19.3 Å². The van der Waals surface area contributed by atoms with E-state index in [1.54, 1.807) is 4.90 Å². The van der Waals surface area contributed by atoms with Gasteiger partial charge in [0.2, 0.25) is 0 Å². The summed E-state index contributed by atoms with van der Waals surface area (Å²) in [6.07, 6.45) is -0.310. The van der Waals surface area contributed by atoms with Crippen molar-refractivity contribution in [1.29, 1.82) is 0 Å². The summed E-state index contributed by atoms with van der Waals surface area (Å²) < 4.78 is 19.6. The smallest absolute Gasteiger partial charge is 0.410 e. The summed E-state index contributed by atoms with van der Waals surface area (Å²) in [5, 5.41) is 10.7. The molecule has 2 aliphatic heterocycles. The van der Waals surface area contributed by atoms with Crippen LogP contribution < -0.4 is 4.90 Å². The third kappa shape index (κ3) is 3.67. The van der Waals surface area contributed by atoms with Gasteiger partial charge in [-0.05, 0) is 26.8 Å². The lowest BCUT2D eigenvalue weighted by atomic mass is 10.0. The monoisotopic (exact) mass is 351 g/mol. The Balaban J connectivity index is 1.64. The second kappa shape index (κ2) is 6.16. The fourth-order valence-electron chi connectivity index (χ4n) is 3.53. The van der Waals surface area contributed by atoms with E-state index in [4.69, 9.17) is 4.74 Å². The molecule has 1 amide bonds. The second-order valence-electron chi connectivity index (χ2n) is 7.70. The zero-order valence-electron chi connectivity index (χ0n) is 14.6. The first-order valence-electron chi connectivity index (χ1n) is 8.31. The van der Waals surface area contributed by atoms with Crippen LogP contribution in [0.3, 0.4) is 0 Å². The number of rotatable bonds is 2. The maximum atomic E-state index is 14.2. The van der Waals surface area contributed by atoms with E-state index >= 15 is 0 Å². The number of hydrogen-bond acceptors (Lipinski definition) is 5. The summed E-state index contributed by atoms with van der Waals surface area (Å²) in [5.41, 5.74) is -0.400. The zero-order chi connectivity index (χ0) is 18.4. The Kier molecular flexibility index (Phi) is 4.30. The molecule has 2 saturated heterocycles. The Hall–Kier alpha value is -2.38. The van der Waals surface area contributed by atoms with Crippen molar-refractivity contribution in [1.82, 2.24) is 4.90 Å². The number of carbonyl (C=O) groups excluding carboxylic acids is 1. The van der Waals surface area contributed by atoms with Crippen molar-refractivity contribution in [3.63, 3.8) is 0 Å². The van der Waals surface area contributed by atoms with Crippen molar-refractivity contribution in [2.45, 2.75) is 26.4 Å². The minimum atomic E-state index is -0.607. The molecule has 0 N–H and O–H groups in total. The van der Waals surface area contributed by atoms with E-state index in [1.807, 2.05) is 25.7 Å². The lowest BCUT2D eigenvalue weighted by molar-refractivity contribution is -0.385. The number of non-ortho nitro benzene ring substituents is 1. The number of nitrogens with zero attached hydrogens (tertiary/aromatic N) is 3. The van der Waals surface area contributed by atoms with Crippen LogP contribution in [-0.4, -0.2) is 47.7 Å². The van der Waals surface area contributed by atoms with Gasteiger partial charge in [0, 0.05) is 44.1 Å². The first-order chi connectivity index (χ1) is 11.6. The van der Waals surface area contributed by atoms with Crippen LogP contribution in [0.2, 0.25) is 0 Å². The molecule has 2 heterocycles. The van der Waals surface area contributed by atoms with E-state index in [0.717, 1.165) is 6.07 Å². The topological polar surface area (TPSA) is 75.9 Å². The van der Waals surface area contributed by atoms with E-state index in [-0.39, 0.29) is 23.6 Å². The number of benzene rings is 1. The van der Waals surface area contributed by atoms with Crippen LogP contribution in [0.25, 0.3) is 0 Å². The summed E-state index contributed by atoms with van der Waals surface area (Å²) in [4.78, 5) is 25.9. The van der Waals surface area contributed by atoms with Gasteiger partial charge >= 0.3 is 6.09 Å². The first-order valence-corrected chi connectivity index (χ1v) is 8.31. The molecule has 0 saturated carbocycles. The van der Waals surface area contributed by atoms with Gasteiger partial charge in [-0.2, -0.15) is 0 Å². The van der Waals surface area contributed by atoms with Crippen LogP contribution in [0.1, 0.15) is 20.8 Å². The standard InChI is InChI=1S/C17H22FN3O4/c1-17(2,3)25-16(22)20-9-11-7-19(8-12(11)10-20)15-5-4-13(21(23)24)6-14(15)18/h4-6,11-12H,7-10H2,1-3H3/t11-,12+. The molecule has 0 unspecified atom stereocenters. The van der Waals surface area contributed by atoms with Gasteiger partial charge in [-0.15, -0.1) is 0 Å². The Morgan fingerprint density at radius 2 is 1.84 bits per heavy atom. The van der Waals surface area contributed by atoms with Gasteiger partial charge in [0.1, 0.15) is 5.60 Å². The van der Waals surface area contributed by atoms with E-state index in [1.165, 1.54) is 12.1 Å². The predicted octanol–water partition coefficient (Wildman–Crippen LogP) is 3.04. The van der Waals surface area contributed by atoms with Crippen LogP contribution in [0, 0.1) is 27.8 Å². The van der Waals surface area contributed by atoms with Gasteiger partial charge in [0.15, 0.2) is 5.82 Å². The van der Waals surface area contributed by atoms with Crippen molar-refractivity contribution in [3.05, 3.63) is 34.1 Å². The third-order valence-electron chi connectivity index (χ3n) is 4.62. The van der Waals surface area contributed by atoms with Gasteiger partial charge in [0.05, 0.1) is 16.7 Å². The van der Waals surface area contributed by atoms with E-state index in [0.29, 0.717) is 31.9 Å². The van der Waals surface area contributed by atoms with Crippen molar-refractivity contribution >= 4 is 17.5 Å². The highest BCUT2D eigenvalue weighted by Crippen LogP contribution is 2.36. The van der Waals surface area contributed by atoms with Crippen LogP contribution in [0.15, 0.2) is 18.2 Å². The highest BCUT2D eigenvalue weighted by molar-refractivity contribution is 5.68. The minimum Gasteiger partial charge on any atom is -0.444 e. The lowest BCUT2D eigenvalue weighted by Gasteiger charge is -2.26. The predicted molar refractivity (Wildman–Crippen MR) is 90.1 cm³/mol. The van der Waals surface area contributed by atoms with Crippen LogP contribution in [0.4, 0.5) is 20.6 Å². The van der Waals surface area contributed by atoms with Crippen molar-refractivity contribution < 1.29 is 18.8 Å². The number of hydrogen-bond donors (Lipinski definition) is 0. The maximum Gasteiger partial charge on any atom is 0.410 e.